The fourth-order valence-corrected chi connectivity index (χ4v) is 1.99. The third kappa shape index (κ3) is 4.75. The van der Waals surface area contributed by atoms with E-state index in [2.05, 4.69) is 0 Å². The van der Waals surface area contributed by atoms with Crippen LogP contribution in [0.15, 0.2) is 24.3 Å². The lowest BCUT2D eigenvalue weighted by molar-refractivity contribution is -0.143. The molecule has 0 aromatic heterocycles. The van der Waals surface area contributed by atoms with E-state index in [0.29, 0.717) is 11.4 Å². The van der Waals surface area contributed by atoms with Crippen molar-refractivity contribution in [1.29, 1.82) is 0 Å². The number of hydrogen-bond donors (Lipinski definition) is 2. The summed E-state index contributed by atoms with van der Waals surface area (Å²) in [5.74, 6) is -1.54. The van der Waals surface area contributed by atoms with Gasteiger partial charge in [0, 0.05) is 5.02 Å². The number of benzene rings is 1. The summed E-state index contributed by atoms with van der Waals surface area (Å²) in [6.45, 7) is 3.21. The largest absolute Gasteiger partial charge is 0.481 e. The molecule has 0 aliphatic carbocycles. The van der Waals surface area contributed by atoms with Crippen molar-refractivity contribution in [2.75, 3.05) is 0 Å². The van der Waals surface area contributed by atoms with Crippen LogP contribution in [-0.2, 0) is 11.2 Å². The minimum atomic E-state index is -0.996. The van der Waals surface area contributed by atoms with Gasteiger partial charge < -0.3 is 10.2 Å². The number of aliphatic hydroxyl groups is 1. The summed E-state index contributed by atoms with van der Waals surface area (Å²) in [5, 5.41) is 19.4. The zero-order valence-corrected chi connectivity index (χ0v) is 10.7. The normalized spacial score (nSPS) is 13.4. The molecule has 1 aromatic carbocycles. The minimum absolute atomic E-state index is 0.202. The van der Waals surface area contributed by atoms with Crippen LogP contribution in [0.3, 0.4) is 0 Å². The second-order valence-corrected chi connectivity index (χ2v) is 5.25. The summed E-state index contributed by atoms with van der Waals surface area (Å²) in [7, 11) is 0. The highest BCUT2D eigenvalue weighted by atomic mass is 35.5. The summed E-state index contributed by atoms with van der Waals surface area (Å²) < 4.78 is 0. The molecule has 1 aromatic rings. The fraction of sp³-hybridized carbons (Fsp3) is 0.462. The first-order chi connectivity index (χ1) is 7.79. The van der Waals surface area contributed by atoms with Gasteiger partial charge in [0.15, 0.2) is 0 Å². The Morgan fingerprint density at radius 3 is 2.47 bits per heavy atom. The van der Waals surface area contributed by atoms with Crippen LogP contribution in [-0.4, -0.2) is 21.8 Å². The zero-order valence-electron chi connectivity index (χ0n) is 9.98. The number of hydrogen-bond acceptors (Lipinski definition) is 2. The predicted molar refractivity (Wildman–Crippen MR) is 67.2 cm³/mol. The van der Waals surface area contributed by atoms with Gasteiger partial charge in [-0.05, 0) is 38.3 Å². The molecule has 1 rings (SSSR count). The molecule has 0 fully saturated rings. The molecule has 1 atom stereocenters. The third-order valence-corrected chi connectivity index (χ3v) is 2.89. The summed E-state index contributed by atoms with van der Waals surface area (Å²) in [6, 6.07) is 7.17. The Morgan fingerprint density at radius 1 is 1.41 bits per heavy atom. The summed E-state index contributed by atoms with van der Waals surface area (Å²) in [6.07, 6.45) is 0.534. The lowest BCUT2D eigenvalue weighted by atomic mass is 9.88. The maximum atomic E-state index is 11.1. The Bertz CT molecular complexity index is 396. The number of carboxylic acid groups (broad SMARTS) is 1. The molecule has 0 saturated carbocycles. The third-order valence-electron chi connectivity index (χ3n) is 2.52. The Kier molecular flexibility index (Phi) is 4.54. The van der Waals surface area contributed by atoms with E-state index in [1.807, 2.05) is 12.1 Å². The number of aliphatic carboxylic acids is 1. The van der Waals surface area contributed by atoms with Crippen molar-refractivity contribution in [3.8, 4) is 0 Å². The van der Waals surface area contributed by atoms with E-state index in [0.717, 1.165) is 5.56 Å². The Balaban J connectivity index is 2.81. The Morgan fingerprint density at radius 2 is 2.00 bits per heavy atom. The molecule has 0 radical (unpaired) electrons. The standard InChI is InChI=1S/C13H17ClO3/c1-13(2,17)8-10(12(15)16)7-9-5-3-4-6-11(9)14/h3-6,10,17H,7-8H2,1-2H3,(H,15,16). The monoisotopic (exact) mass is 256 g/mol. The molecule has 0 bridgehead atoms. The summed E-state index contributed by atoms with van der Waals surface area (Å²) in [5.41, 5.74) is -0.199. The van der Waals surface area contributed by atoms with Crippen LogP contribution in [0.2, 0.25) is 5.02 Å². The molecule has 94 valence electrons. The van der Waals surface area contributed by atoms with Crippen molar-refractivity contribution in [3.05, 3.63) is 34.9 Å². The first-order valence-corrected chi connectivity index (χ1v) is 5.86. The highest BCUT2D eigenvalue weighted by Crippen LogP contribution is 2.24. The van der Waals surface area contributed by atoms with Gasteiger partial charge in [0.1, 0.15) is 0 Å². The molecule has 17 heavy (non-hydrogen) atoms. The number of halogens is 1. The number of rotatable bonds is 5. The van der Waals surface area contributed by atoms with E-state index in [1.54, 1.807) is 26.0 Å². The fourth-order valence-electron chi connectivity index (χ4n) is 1.78. The SMILES string of the molecule is CC(C)(O)CC(Cc1ccccc1Cl)C(=O)O. The van der Waals surface area contributed by atoms with Crippen LogP contribution in [0.4, 0.5) is 0 Å². The molecule has 0 amide bonds. The highest BCUT2D eigenvalue weighted by molar-refractivity contribution is 6.31. The molecule has 0 saturated heterocycles. The molecule has 0 spiro atoms. The van der Waals surface area contributed by atoms with E-state index in [-0.39, 0.29) is 6.42 Å². The van der Waals surface area contributed by atoms with Crippen LogP contribution < -0.4 is 0 Å². The van der Waals surface area contributed by atoms with Gasteiger partial charge in [-0.1, -0.05) is 29.8 Å². The number of carbonyl (C=O) groups is 1. The molecular weight excluding hydrogens is 240 g/mol. The average Bonchev–Trinajstić information content (AvgIpc) is 2.18. The van der Waals surface area contributed by atoms with Crippen LogP contribution in [0.5, 0.6) is 0 Å². The molecule has 3 nitrogen and oxygen atoms in total. The van der Waals surface area contributed by atoms with Gasteiger partial charge in [0.05, 0.1) is 11.5 Å². The first-order valence-electron chi connectivity index (χ1n) is 5.48. The molecule has 0 heterocycles. The lowest BCUT2D eigenvalue weighted by Crippen LogP contribution is -2.29. The Hall–Kier alpha value is -1.06. The lowest BCUT2D eigenvalue weighted by Gasteiger charge is -2.22. The van der Waals surface area contributed by atoms with Crippen molar-refractivity contribution in [1.82, 2.24) is 0 Å². The molecule has 1 unspecified atom stereocenters. The Labute approximate surface area is 106 Å². The molecule has 0 aliphatic rings. The quantitative estimate of drug-likeness (QED) is 0.852. The van der Waals surface area contributed by atoms with E-state index < -0.39 is 17.5 Å². The molecule has 4 heteroatoms. The zero-order chi connectivity index (χ0) is 13.1. The first kappa shape index (κ1) is 14.0. The van der Waals surface area contributed by atoms with E-state index >= 15 is 0 Å². The van der Waals surface area contributed by atoms with Crippen LogP contribution >= 0.6 is 11.6 Å². The van der Waals surface area contributed by atoms with Crippen LogP contribution in [0, 0.1) is 5.92 Å². The van der Waals surface area contributed by atoms with Gasteiger partial charge in [-0.25, -0.2) is 0 Å². The topological polar surface area (TPSA) is 57.5 Å². The van der Waals surface area contributed by atoms with Crippen molar-refractivity contribution in [3.63, 3.8) is 0 Å². The smallest absolute Gasteiger partial charge is 0.306 e. The second-order valence-electron chi connectivity index (χ2n) is 4.85. The van der Waals surface area contributed by atoms with Crippen molar-refractivity contribution in [2.24, 2.45) is 5.92 Å². The van der Waals surface area contributed by atoms with Crippen molar-refractivity contribution < 1.29 is 15.0 Å². The van der Waals surface area contributed by atoms with Crippen molar-refractivity contribution >= 4 is 17.6 Å². The summed E-state index contributed by atoms with van der Waals surface area (Å²) in [4.78, 5) is 11.1. The molecule has 0 aliphatic heterocycles. The maximum Gasteiger partial charge on any atom is 0.306 e. The van der Waals surface area contributed by atoms with Gasteiger partial charge in [-0.2, -0.15) is 0 Å². The summed E-state index contributed by atoms with van der Waals surface area (Å²) >= 11 is 5.99. The number of carboxylic acids is 1. The molecule has 2 N–H and O–H groups in total. The van der Waals surface area contributed by atoms with Gasteiger partial charge in [0.2, 0.25) is 0 Å². The van der Waals surface area contributed by atoms with E-state index in [9.17, 15) is 9.90 Å². The predicted octanol–water partition coefficient (Wildman–Crippen LogP) is 2.74. The van der Waals surface area contributed by atoms with Gasteiger partial charge >= 0.3 is 5.97 Å². The molecular formula is C13H17ClO3. The van der Waals surface area contributed by atoms with E-state index in [1.165, 1.54) is 0 Å². The average molecular weight is 257 g/mol. The van der Waals surface area contributed by atoms with Gasteiger partial charge in [0.25, 0.3) is 0 Å². The van der Waals surface area contributed by atoms with Gasteiger partial charge in [-0.3, -0.25) is 4.79 Å². The highest BCUT2D eigenvalue weighted by Gasteiger charge is 2.26. The van der Waals surface area contributed by atoms with Crippen molar-refractivity contribution in [2.45, 2.75) is 32.3 Å². The maximum absolute atomic E-state index is 11.1. The second kappa shape index (κ2) is 5.52. The van der Waals surface area contributed by atoms with Crippen LogP contribution in [0.25, 0.3) is 0 Å². The van der Waals surface area contributed by atoms with E-state index in [4.69, 9.17) is 16.7 Å². The van der Waals surface area contributed by atoms with Gasteiger partial charge in [-0.15, -0.1) is 0 Å². The minimum Gasteiger partial charge on any atom is -0.481 e. The van der Waals surface area contributed by atoms with Crippen LogP contribution in [0.1, 0.15) is 25.8 Å².